The second kappa shape index (κ2) is 61.9. The summed E-state index contributed by atoms with van der Waals surface area (Å²) in [7, 11) is 4.54. The molecule has 26 heteroatoms. The molecule has 0 radical (unpaired) electrons. The molecule has 3 heterocycles. The van der Waals surface area contributed by atoms with Crippen LogP contribution in [-0.2, 0) is 97.9 Å². The van der Waals surface area contributed by atoms with Crippen LogP contribution in [0.4, 0.5) is 0 Å². The summed E-state index contributed by atoms with van der Waals surface area (Å²) in [5, 5.41) is 64.5. The SMILES string of the molecule is C=CC[C@@H]1/C=C(\C)C[C@H](C)C[C@H](OC)[C@H]2O[C@@](O)(C(=O)C(=O)N3CCCC[C@H]3C(=O)O[C@H](/C(C)=C/[C@@H]3CCC(=O)[C@H](OC)C3)[C@H](C)[C@@H](O)CC1=O)[C@H](C)C[C@@H]2OC.CC#CC#CC#CC#CC#CC#CC#CC#CC#CC#CC#CC#CC#CC#CC#CC#CC#CC#CC#CC#CC#CC.OOOOOONOOOOOO.[HH].[HH].[HH].[HH].[HH].[HH].[HH].[HH].[HH].[HH].[HH].[HH].[HH].[HH].[HH].[HH].[HH].[HH].[HH].[HH].[HH].[HH].[HH].[HH].[HH].[HH].[HH].[HH].[HH].[HH]. The lowest BCUT2D eigenvalue weighted by molar-refractivity contribution is -0.792. The summed E-state index contributed by atoms with van der Waals surface area (Å²) in [5.41, 5.74) is 2.95. The number of rotatable bonds is 17. The van der Waals surface area contributed by atoms with E-state index in [4.69, 9.17) is 34.2 Å². The van der Waals surface area contributed by atoms with E-state index in [9.17, 15) is 34.2 Å². The molecular weight excluding hydrogens is 1470 g/mol. The predicted octanol–water partition coefficient (Wildman–Crippen LogP) is 12.2. The Balaban J connectivity index is -0.0000000516. The van der Waals surface area contributed by atoms with Crippen LogP contribution in [0.5, 0.6) is 0 Å². The molecule has 5 N–H and O–H groups in total. The average Bonchev–Trinajstić information content (AvgIpc) is 0.763. The van der Waals surface area contributed by atoms with Gasteiger partial charge in [0.05, 0.1) is 18.3 Å². The molecule has 0 aromatic heterocycles. The van der Waals surface area contributed by atoms with E-state index in [1.807, 2.05) is 26.0 Å². The molecule has 3 aliphatic heterocycles. The first-order valence-corrected chi connectivity index (χ1v) is 34.1. The number of ketones is 3. The van der Waals surface area contributed by atoms with Crippen molar-refractivity contribution >= 4 is 29.2 Å². The summed E-state index contributed by atoms with van der Waals surface area (Å²) in [4.78, 5) is 77.5. The fraction of sp³-hybridized carbons (Fsp3) is 0.398. The van der Waals surface area contributed by atoms with Crippen LogP contribution < -0.4 is 5.64 Å². The standard InChI is InChI=1S/C44H67NO12.C44H6.H3NO12.30H2/c1-10-13-31-19-25(2)18-26(3)20-37(54-8)40-38(55-9)22-28(5)44(52,57-40)41(49)42(50)45-17-12-11-14-32(45)43(51)56-39(29(6)34(47)24-35(31)48)27(4)21-30-15-16-33(46)36(23-30)53-7;1-3-5-7-9-11-13-15-17-19-21-23-25-27-29-31-33-35-37-39-41-43-44-42-40-38-36-34-32-30-28-26-24-22-20-18-16-14-12-10-8-6-4-2;2-6-10-12-8-4-1-5-9-13-11-7-3;;;;;;;;;;;;;;;;;;;;;;;;;;;;;;/h10,19,21,26,28-32,34,36-40,47,52H,1,11-18,20,22-24H2,2-9H3;1-2H3;1-3H;30*1H/b25-19+,27-21+;;;;;;;;;;;;;;;;;;;;;;;;;;;;;;;;/t26-,28+,29+,30-,31+,32-,34-,36+,37-,38-,39+,40+,44+;;;;;;;;;;;;;;;;;;;;;;;;;;;;;;;;/m0................................/s1. The van der Waals surface area contributed by atoms with E-state index in [-0.39, 0.29) is 92.0 Å². The normalized spacial score (nSPS) is 22.6. The van der Waals surface area contributed by atoms with E-state index in [1.165, 1.54) is 31.9 Å². The van der Waals surface area contributed by atoms with Gasteiger partial charge in [0.2, 0.25) is 5.79 Å². The smallest absolute Gasteiger partial charge is 0.329 e. The molecule has 2 bridgehead atoms. The lowest BCUT2D eigenvalue weighted by Crippen LogP contribution is -2.64. The third kappa shape index (κ3) is 41.3. The van der Waals surface area contributed by atoms with E-state index in [1.54, 1.807) is 40.7 Å². The molecule has 0 aromatic carbocycles. The largest absolute Gasteiger partial charge is 0.456 e. The van der Waals surface area contributed by atoms with Crippen LogP contribution in [0.1, 0.15) is 162 Å². The summed E-state index contributed by atoms with van der Waals surface area (Å²) in [6.45, 7) is 16.4. The van der Waals surface area contributed by atoms with Gasteiger partial charge in [0.1, 0.15) is 30.1 Å². The molecule has 0 unspecified atom stereocenters. The minimum absolute atomic E-state index is 0. The maximum absolute atomic E-state index is 14.3. The highest BCUT2D eigenvalue weighted by Crippen LogP contribution is 2.39. The number of allylic oxidation sites excluding steroid dienone is 4. The molecule has 2 saturated heterocycles. The summed E-state index contributed by atoms with van der Waals surface area (Å²) in [5.74, 6) is 97.7. The Bertz CT molecular complexity index is 4830. The van der Waals surface area contributed by atoms with Gasteiger partial charge in [-0.1, -0.05) is 66.4 Å². The minimum atomic E-state index is -2.52. The van der Waals surface area contributed by atoms with Gasteiger partial charge in [-0.3, -0.25) is 19.2 Å². The highest BCUT2D eigenvalue weighted by Gasteiger charge is 2.57. The number of nitrogens with zero attached hydrogens (tertiary/aromatic N) is 1. The van der Waals surface area contributed by atoms with Crippen LogP contribution in [0.3, 0.4) is 0 Å². The van der Waals surface area contributed by atoms with Gasteiger partial charge in [-0.05, 0) is 244 Å². The molecule has 0 spiro atoms. The Morgan fingerprint density at radius 1 is 0.579 bits per heavy atom. The van der Waals surface area contributed by atoms with E-state index in [0.29, 0.717) is 56.9 Å². The maximum atomic E-state index is 14.3. The minimum Gasteiger partial charge on any atom is -0.456 e. The van der Waals surface area contributed by atoms with Gasteiger partial charge < -0.3 is 38.8 Å². The van der Waals surface area contributed by atoms with E-state index < -0.39 is 83.9 Å². The number of Topliss-reactive ketones (excluding diaryl/α,β-unsaturated/α-hetero) is 3. The second-order valence-corrected chi connectivity index (χ2v) is 23.4. The van der Waals surface area contributed by atoms with Crippen molar-refractivity contribution in [2.24, 2.45) is 29.6 Å². The zero-order chi connectivity index (χ0) is 83.7. The van der Waals surface area contributed by atoms with Gasteiger partial charge in [-0.2, -0.15) is 0 Å². The molecule has 1 aliphatic carbocycles. The zero-order valence-corrected chi connectivity index (χ0v) is 63.8. The number of cyclic esters (lactones) is 1. The number of esters is 1. The number of carbonyl (C=O) groups is 5. The highest BCUT2D eigenvalue weighted by atomic mass is 17.9. The molecule has 642 valence electrons. The van der Waals surface area contributed by atoms with Gasteiger partial charge in [0.15, 0.2) is 5.78 Å². The fourth-order valence-corrected chi connectivity index (χ4v) is 10.7. The second-order valence-electron chi connectivity index (χ2n) is 23.4. The summed E-state index contributed by atoms with van der Waals surface area (Å²) in [6.07, 6.45) is 4.77. The quantitative estimate of drug-likeness (QED) is 0.0172. The van der Waals surface area contributed by atoms with Crippen molar-refractivity contribution in [2.45, 2.75) is 168 Å². The van der Waals surface area contributed by atoms with Crippen molar-refractivity contribution in [1.82, 2.24) is 10.5 Å². The Labute approximate surface area is 709 Å². The number of hydrogen-bond acceptors (Lipinski definition) is 25. The average molecular weight is 1610 g/mol. The Morgan fingerprint density at radius 2 is 1.00 bits per heavy atom. The van der Waals surface area contributed by atoms with Crippen molar-refractivity contribution in [3.8, 4) is 249 Å². The third-order valence-electron chi connectivity index (χ3n) is 15.7. The number of fused-ring (bicyclic) bond motifs is 3. The van der Waals surface area contributed by atoms with Crippen LogP contribution in [0.2, 0.25) is 0 Å². The van der Waals surface area contributed by atoms with Crippen LogP contribution in [0, 0.1) is 278 Å². The van der Waals surface area contributed by atoms with E-state index >= 15 is 0 Å². The first kappa shape index (κ1) is 97.2. The third-order valence-corrected chi connectivity index (χ3v) is 15.7. The van der Waals surface area contributed by atoms with Crippen molar-refractivity contribution < 1.29 is 161 Å². The molecule has 26 nitrogen and oxygen atoms in total. The van der Waals surface area contributed by atoms with E-state index in [0.717, 1.165) is 5.57 Å². The fourth-order valence-electron chi connectivity index (χ4n) is 10.7. The number of methoxy groups -OCH3 is 3. The van der Waals surface area contributed by atoms with Crippen molar-refractivity contribution in [3.63, 3.8) is 0 Å². The molecule has 114 heavy (non-hydrogen) atoms. The van der Waals surface area contributed by atoms with Gasteiger partial charge in [-0.15, -0.1) is 6.58 Å². The van der Waals surface area contributed by atoms with Crippen LogP contribution in [0.25, 0.3) is 0 Å². The number of nitrogens with one attached hydrogen (secondary N) is 1. The van der Waals surface area contributed by atoms with Gasteiger partial charge in [0, 0.05) is 243 Å². The maximum Gasteiger partial charge on any atom is 0.329 e. The number of aliphatic hydroxyl groups excluding tert-OH is 1. The topological polar surface area (TPSA) is 320 Å². The Hall–Kier alpha value is -12.8. The van der Waals surface area contributed by atoms with Crippen LogP contribution >= 0.6 is 0 Å². The van der Waals surface area contributed by atoms with Crippen molar-refractivity contribution in [2.75, 3.05) is 27.9 Å². The van der Waals surface area contributed by atoms with E-state index in [2.05, 4.69) is 306 Å². The molecule has 1 amide bonds. The molecule has 13 atom stereocenters. The number of amides is 1. The van der Waals surface area contributed by atoms with Crippen molar-refractivity contribution in [1.29, 1.82) is 0 Å². The number of ether oxygens (including phenoxy) is 5. The van der Waals surface area contributed by atoms with Crippen LogP contribution in [0.15, 0.2) is 36.0 Å². The van der Waals surface area contributed by atoms with Crippen LogP contribution in [-0.4, -0.2) is 131 Å². The molecule has 1 saturated carbocycles. The number of hydrogen-bond donors (Lipinski definition) is 5. The van der Waals surface area contributed by atoms with Gasteiger partial charge >= 0.3 is 5.97 Å². The molecule has 4 aliphatic rings. The number of piperidine rings is 1. The lowest BCUT2D eigenvalue weighted by atomic mass is 9.82. The number of carbonyl (C=O) groups excluding carboxylic acids is 5. The first-order valence-electron chi connectivity index (χ1n) is 34.1. The Kier molecular flexibility index (Phi) is 52.8. The van der Waals surface area contributed by atoms with Gasteiger partial charge in [-0.25, -0.2) is 15.3 Å². The summed E-state index contributed by atoms with van der Waals surface area (Å²) >= 11 is 0. The zero-order valence-electron chi connectivity index (χ0n) is 63.8. The molecule has 3 fully saturated rings. The number of aliphatic hydroxyl groups is 2. The van der Waals surface area contributed by atoms with Crippen molar-refractivity contribution in [3.05, 3.63) is 36.0 Å². The first-order chi connectivity index (χ1) is 55.3. The Morgan fingerprint density at radius 3 is 1.39 bits per heavy atom. The molecular formula is C88H136N2O24. The lowest BCUT2D eigenvalue weighted by Gasteiger charge is -2.47. The summed E-state index contributed by atoms with van der Waals surface area (Å²) < 4.78 is 29.6. The summed E-state index contributed by atoms with van der Waals surface area (Å²) in [6, 6.07) is -1.15. The molecule has 0 aromatic rings. The predicted molar refractivity (Wildman–Crippen MR) is 469 cm³/mol. The monoisotopic (exact) mass is 1600 g/mol. The van der Waals surface area contributed by atoms with Gasteiger partial charge in [0.25, 0.3) is 11.7 Å². The molecule has 4 rings (SSSR count). The highest BCUT2D eigenvalue weighted by molar-refractivity contribution is 6.39.